The van der Waals surface area contributed by atoms with Crippen molar-refractivity contribution in [2.75, 3.05) is 17.1 Å². The summed E-state index contributed by atoms with van der Waals surface area (Å²) in [6.45, 7) is 0. The van der Waals surface area contributed by atoms with E-state index in [0.29, 0.717) is 16.9 Å². The Balaban J connectivity index is 1.37. The first-order valence-electron chi connectivity index (χ1n) is 12.6. The van der Waals surface area contributed by atoms with Gasteiger partial charge in [-0.15, -0.1) is 0 Å². The number of esters is 1. The molecule has 0 radical (unpaired) electrons. The van der Waals surface area contributed by atoms with E-state index in [1.807, 2.05) is 36.4 Å². The maximum Gasteiger partial charge on any atom is 0.343 e. The van der Waals surface area contributed by atoms with E-state index in [-0.39, 0.29) is 23.0 Å². The minimum atomic E-state index is -1.03. The van der Waals surface area contributed by atoms with E-state index in [9.17, 15) is 18.8 Å². The predicted octanol–water partition coefficient (Wildman–Crippen LogP) is 5.10. The lowest BCUT2D eigenvalue weighted by Crippen LogP contribution is -2.37. The Bertz CT molecular complexity index is 1580. The molecular weight excluding hydrogens is 515 g/mol. The number of hydrogen-bond donors (Lipinski definition) is 0. The Kier molecular flexibility index (Phi) is 6.49. The Hall–Kier alpha value is -5.02. The number of para-hydroxylation sites is 2. The smallest absolute Gasteiger partial charge is 0.343 e. The van der Waals surface area contributed by atoms with Gasteiger partial charge in [-0.2, -0.15) is 0 Å². The van der Waals surface area contributed by atoms with Crippen molar-refractivity contribution in [2.24, 2.45) is 5.92 Å². The number of hydrogen-bond acceptors (Lipinski definition) is 7. The van der Waals surface area contributed by atoms with Crippen molar-refractivity contribution >= 4 is 29.2 Å². The van der Waals surface area contributed by atoms with Crippen molar-refractivity contribution in [2.45, 2.75) is 12.1 Å². The third kappa shape index (κ3) is 4.36. The van der Waals surface area contributed by atoms with Crippen LogP contribution in [-0.2, 0) is 14.4 Å². The van der Waals surface area contributed by atoms with Gasteiger partial charge in [0.15, 0.2) is 17.6 Å². The van der Waals surface area contributed by atoms with E-state index in [4.69, 9.17) is 14.3 Å². The number of nitrogens with zero attached hydrogens (tertiary/aromatic N) is 2. The van der Waals surface area contributed by atoms with Crippen LogP contribution in [0.4, 0.5) is 15.8 Å². The van der Waals surface area contributed by atoms with E-state index in [1.54, 1.807) is 47.5 Å². The molecule has 2 saturated heterocycles. The van der Waals surface area contributed by atoms with Gasteiger partial charge < -0.3 is 9.47 Å². The van der Waals surface area contributed by atoms with Crippen LogP contribution < -0.4 is 19.4 Å². The molecule has 200 valence electrons. The summed E-state index contributed by atoms with van der Waals surface area (Å²) in [6, 6.07) is 27.1. The van der Waals surface area contributed by atoms with Crippen LogP contribution in [0.5, 0.6) is 11.5 Å². The minimum Gasteiger partial charge on any atom is -0.493 e. The number of anilines is 2. The van der Waals surface area contributed by atoms with Crippen molar-refractivity contribution in [3.63, 3.8) is 0 Å². The molecule has 9 heteroatoms. The van der Waals surface area contributed by atoms with Gasteiger partial charge >= 0.3 is 5.97 Å². The van der Waals surface area contributed by atoms with Gasteiger partial charge in [-0.1, -0.05) is 42.5 Å². The molecule has 4 aromatic rings. The van der Waals surface area contributed by atoms with Gasteiger partial charge in [-0.3, -0.25) is 14.4 Å². The molecule has 2 heterocycles. The van der Waals surface area contributed by atoms with Crippen molar-refractivity contribution in [3.05, 3.63) is 120 Å². The Morgan fingerprint density at radius 1 is 0.800 bits per heavy atom. The molecule has 2 aliphatic rings. The van der Waals surface area contributed by atoms with Crippen molar-refractivity contribution in [3.8, 4) is 11.5 Å². The Labute approximate surface area is 229 Å². The number of ether oxygens (including phenoxy) is 2. The van der Waals surface area contributed by atoms with Crippen LogP contribution >= 0.6 is 0 Å². The average Bonchev–Trinajstić information content (AvgIpc) is 3.50. The van der Waals surface area contributed by atoms with Crippen molar-refractivity contribution in [1.82, 2.24) is 0 Å². The second-order valence-corrected chi connectivity index (χ2v) is 9.31. The number of methoxy groups -OCH3 is 1. The Morgan fingerprint density at radius 3 is 2.10 bits per heavy atom. The van der Waals surface area contributed by atoms with Crippen LogP contribution in [0.25, 0.3) is 0 Å². The fraction of sp³-hybridized carbons (Fsp3) is 0.129. The highest BCUT2D eigenvalue weighted by Gasteiger charge is 2.60. The number of imide groups is 1. The summed E-state index contributed by atoms with van der Waals surface area (Å²) in [5.74, 6) is -2.44. The van der Waals surface area contributed by atoms with Crippen LogP contribution in [0.15, 0.2) is 103 Å². The lowest BCUT2D eigenvalue weighted by atomic mass is 9.90. The van der Waals surface area contributed by atoms with E-state index in [2.05, 4.69) is 0 Å². The molecule has 2 aliphatic heterocycles. The monoisotopic (exact) mass is 538 g/mol. The van der Waals surface area contributed by atoms with Crippen LogP contribution in [0.1, 0.15) is 22.0 Å². The molecule has 2 amide bonds. The zero-order valence-electron chi connectivity index (χ0n) is 21.3. The number of rotatable bonds is 6. The van der Waals surface area contributed by atoms with E-state index in [0.717, 1.165) is 0 Å². The normalized spacial score (nSPS) is 20.0. The molecule has 40 heavy (non-hydrogen) atoms. The lowest BCUT2D eigenvalue weighted by molar-refractivity contribution is -0.126. The molecule has 2 fully saturated rings. The molecule has 3 atom stereocenters. The summed E-state index contributed by atoms with van der Waals surface area (Å²) < 4.78 is 24.3. The summed E-state index contributed by atoms with van der Waals surface area (Å²) in [4.78, 5) is 47.2. The molecule has 0 N–H and O–H groups in total. The fourth-order valence-corrected chi connectivity index (χ4v) is 5.08. The fourth-order valence-electron chi connectivity index (χ4n) is 5.08. The summed E-state index contributed by atoms with van der Waals surface area (Å²) in [7, 11) is 1.43. The molecule has 4 aromatic carbocycles. The van der Waals surface area contributed by atoms with Gasteiger partial charge in [0.25, 0.3) is 5.91 Å². The standard InChI is InChI=1S/C31H23FN2O6/c1-38-25-18-20(14-17-24(25)39-31(37)19-12-15-21(32)16-13-19)27-26-28(40-34(27)23-10-6-3-7-11-23)30(36)33(29(26)35)22-8-4-2-5-9-22/h2-18,26-28H,1H3/t26-,27-,28-/m0/s1. The largest absolute Gasteiger partial charge is 0.493 e. The number of amides is 2. The van der Waals surface area contributed by atoms with Gasteiger partial charge in [0.05, 0.1) is 30.1 Å². The first-order chi connectivity index (χ1) is 19.5. The van der Waals surface area contributed by atoms with E-state index >= 15 is 0 Å². The molecule has 0 aliphatic carbocycles. The molecular formula is C31H23FN2O6. The molecule has 0 saturated carbocycles. The number of fused-ring (bicyclic) bond motifs is 1. The maximum atomic E-state index is 13.8. The summed E-state index contributed by atoms with van der Waals surface area (Å²) in [6.07, 6.45) is -1.03. The summed E-state index contributed by atoms with van der Waals surface area (Å²) in [5.41, 5.74) is 1.93. The first-order valence-corrected chi connectivity index (χ1v) is 12.6. The van der Waals surface area contributed by atoms with E-state index < -0.39 is 35.8 Å². The zero-order chi connectivity index (χ0) is 27.8. The molecule has 0 aromatic heterocycles. The number of carbonyl (C=O) groups is 3. The zero-order valence-corrected chi connectivity index (χ0v) is 21.3. The highest BCUT2D eigenvalue weighted by atomic mass is 19.1. The number of benzene rings is 4. The highest BCUT2D eigenvalue weighted by Crippen LogP contribution is 2.48. The van der Waals surface area contributed by atoms with Gasteiger partial charge in [0.1, 0.15) is 11.7 Å². The summed E-state index contributed by atoms with van der Waals surface area (Å²) >= 11 is 0. The van der Waals surface area contributed by atoms with Crippen LogP contribution in [0.2, 0.25) is 0 Å². The van der Waals surface area contributed by atoms with Crippen LogP contribution in [-0.4, -0.2) is 31.0 Å². The molecule has 0 unspecified atom stereocenters. The average molecular weight is 539 g/mol. The van der Waals surface area contributed by atoms with Crippen LogP contribution in [0, 0.1) is 11.7 Å². The van der Waals surface area contributed by atoms with E-state index in [1.165, 1.54) is 36.3 Å². The Morgan fingerprint density at radius 2 is 1.45 bits per heavy atom. The molecule has 0 spiro atoms. The van der Waals surface area contributed by atoms with Crippen LogP contribution in [0.3, 0.4) is 0 Å². The quantitative estimate of drug-likeness (QED) is 0.192. The minimum absolute atomic E-state index is 0.141. The SMILES string of the molecule is COc1cc([C@H]2[C@@H]3C(=O)N(c4ccccc4)C(=O)[C@H]3ON2c2ccccc2)ccc1OC(=O)c1ccc(F)cc1. The van der Waals surface area contributed by atoms with Gasteiger partial charge in [-0.25, -0.2) is 19.1 Å². The lowest BCUT2D eigenvalue weighted by Gasteiger charge is -2.29. The molecule has 8 nitrogen and oxygen atoms in total. The van der Waals surface area contributed by atoms with Crippen molar-refractivity contribution in [1.29, 1.82) is 0 Å². The number of halogens is 1. The molecule has 0 bridgehead atoms. The molecule has 6 rings (SSSR count). The number of hydroxylamine groups is 1. The third-order valence-electron chi connectivity index (χ3n) is 6.95. The second kappa shape index (κ2) is 10.3. The maximum absolute atomic E-state index is 13.8. The third-order valence-corrected chi connectivity index (χ3v) is 6.95. The van der Waals surface area contributed by atoms with Gasteiger partial charge in [-0.05, 0) is 66.2 Å². The van der Waals surface area contributed by atoms with Gasteiger partial charge in [0, 0.05) is 0 Å². The van der Waals surface area contributed by atoms with Crippen molar-refractivity contribution < 1.29 is 33.1 Å². The highest BCUT2D eigenvalue weighted by molar-refractivity contribution is 6.23. The number of carbonyl (C=O) groups excluding carboxylic acids is 3. The first kappa shape index (κ1) is 25.3. The van der Waals surface area contributed by atoms with Gasteiger partial charge in [0.2, 0.25) is 5.91 Å². The predicted molar refractivity (Wildman–Crippen MR) is 143 cm³/mol. The topological polar surface area (TPSA) is 85.4 Å². The second-order valence-electron chi connectivity index (χ2n) is 9.31. The summed E-state index contributed by atoms with van der Waals surface area (Å²) in [5, 5.41) is 1.58.